The van der Waals surface area contributed by atoms with Crippen molar-refractivity contribution in [2.24, 2.45) is 0 Å². The Hall–Kier alpha value is -1.92. The third kappa shape index (κ3) is 4.26. The molecule has 1 saturated carbocycles. The number of benzene rings is 1. The fourth-order valence-electron chi connectivity index (χ4n) is 4.99. The van der Waals surface area contributed by atoms with Gasteiger partial charge < -0.3 is 9.80 Å². The predicted molar refractivity (Wildman–Crippen MR) is 120 cm³/mol. The SMILES string of the molecule is CC(=O)c1ccc(N2CCN(C(C)(C)C(=O)N3CCN(C4CCC4)CC3)CC2)cc1. The molecular formula is C24H36N4O2. The number of Topliss-reactive ketones (excluding diaryl/α,β-unsaturated/α-hetero) is 1. The maximum absolute atomic E-state index is 13.4. The molecule has 3 aliphatic rings. The fourth-order valence-corrected chi connectivity index (χ4v) is 4.99. The van der Waals surface area contributed by atoms with E-state index in [1.54, 1.807) is 6.92 Å². The Balaban J connectivity index is 1.30. The van der Waals surface area contributed by atoms with Gasteiger partial charge in [-0.25, -0.2) is 0 Å². The first-order valence-corrected chi connectivity index (χ1v) is 11.5. The summed E-state index contributed by atoms with van der Waals surface area (Å²) < 4.78 is 0. The first-order valence-electron chi connectivity index (χ1n) is 11.5. The summed E-state index contributed by atoms with van der Waals surface area (Å²) in [6.45, 7) is 13.1. The van der Waals surface area contributed by atoms with E-state index in [0.29, 0.717) is 0 Å². The van der Waals surface area contributed by atoms with Gasteiger partial charge in [0.05, 0.1) is 5.54 Å². The van der Waals surface area contributed by atoms with E-state index in [-0.39, 0.29) is 11.7 Å². The van der Waals surface area contributed by atoms with Crippen LogP contribution < -0.4 is 4.90 Å². The van der Waals surface area contributed by atoms with Crippen molar-refractivity contribution >= 4 is 17.4 Å². The smallest absolute Gasteiger partial charge is 0.242 e. The third-order valence-electron chi connectivity index (χ3n) is 7.43. The number of anilines is 1. The summed E-state index contributed by atoms with van der Waals surface area (Å²) in [6, 6.07) is 8.64. The Morgan fingerprint density at radius 1 is 0.867 bits per heavy atom. The number of amides is 1. The highest BCUT2D eigenvalue weighted by Crippen LogP contribution is 2.27. The van der Waals surface area contributed by atoms with Gasteiger partial charge >= 0.3 is 0 Å². The van der Waals surface area contributed by atoms with E-state index in [1.165, 1.54) is 19.3 Å². The van der Waals surface area contributed by atoms with Crippen molar-refractivity contribution in [3.05, 3.63) is 29.8 Å². The van der Waals surface area contributed by atoms with Crippen molar-refractivity contribution in [1.82, 2.24) is 14.7 Å². The van der Waals surface area contributed by atoms with Crippen LogP contribution in [0.1, 0.15) is 50.4 Å². The summed E-state index contributed by atoms with van der Waals surface area (Å²) >= 11 is 0. The maximum atomic E-state index is 13.4. The number of hydrogen-bond acceptors (Lipinski definition) is 5. The highest BCUT2D eigenvalue weighted by molar-refractivity contribution is 5.94. The molecule has 6 nitrogen and oxygen atoms in total. The van der Waals surface area contributed by atoms with Crippen molar-refractivity contribution in [2.45, 2.75) is 51.6 Å². The molecule has 30 heavy (non-hydrogen) atoms. The Bertz CT molecular complexity index is 756. The second kappa shape index (κ2) is 8.67. The van der Waals surface area contributed by atoms with Gasteiger partial charge in [0, 0.05) is 69.7 Å². The first kappa shape index (κ1) is 21.3. The van der Waals surface area contributed by atoms with Crippen LogP contribution in [-0.4, -0.2) is 90.3 Å². The molecule has 0 aromatic heterocycles. The van der Waals surface area contributed by atoms with Crippen LogP contribution in [0.25, 0.3) is 0 Å². The molecule has 0 spiro atoms. The summed E-state index contributed by atoms with van der Waals surface area (Å²) in [5.74, 6) is 0.371. The molecule has 1 aromatic rings. The van der Waals surface area contributed by atoms with Gasteiger partial charge in [-0.15, -0.1) is 0 Å². The molecule has 6 heteroatoms. The largest absolute Gasteiger partial charge is 0.369 e. The standard InChI is InChI=1S/C24H36N4O2/c1-19(29)20-7-9-22(10-8-20)26-15-17-28(18-16-26)24(2,3)23(30)27-13-11-25(12-14-27)21-5-4-6-21/h7-10,21H,4-6,11-18H2,1-3H3. The van der Waals surface area contributed by atoms with E-state index in [2.05, 4.69) is 33.4 Å². The van der Waals surface area contributed by atoms with E-state index in [0.717, 1.165) is 69.7 Å². The van der Waals surface area contributed by atoms with Gasteiger partial charge in [-0.2, -0.15) is 0 Å². The van der Waals surface area contributed by atoms with E-state index in [4.69, 9.17) is 0 Å². The van der Waals surface area contributed by atoms with E-state index < -0.39 is 5.54 Å². The van der Waals surface area contributed by atoms with Gasteiger partial charge in [0.1, 0.15) is 0 Å². The van der Waals surface area contributed by atoms with Crippen LogP contribution >= 0.6 is 0 Å². The Morgan fingerprint density at radius 2 is 1.47 bits per heavy atom. The number of rotatable bonds is 5. The Labute approximate surface area is 180 Å². The summed E-state index contributed by atoms with van der Waals surface area (Å²) in [5, 5.41) is 0. The van der Waals surface area contributed by atoms with Crippen LogP contribution in [0.5, 0.6) is 0 Å². The monoisotopic (exact) mass is 412 g/mol. The molecule has 1 amide bonds. The number of hydrogen-bond donors (Lipinski definition) is 0. The van der Waals surface area contributed by atoms with E-state index in [1.807, 2.05) is 24.3 Å². The number of ketones is 1. The highest BCUT2D eigenvalue weighted by Gasteiger charge is 2.40. The van der Waals surface area contributed by atoms with Gasteiger partial charge in [0.2, 0.25) is 5.91 Å². The van der Waals surface area contributed by atoms with Gasteiger partial charge in [0.15, 0.2) is 5.78 Å². The van der Waals surface area contributed by atoms with Crippen molar-refractivity contribution in [1.29, 1.82) is 0 Å². The minimum atomic E-state index is -0.469. The number of carbonyl (C=O) groups excluding carboxylic acids is 2. The van der Waals surface area contributed by atoms with E-state index in [9.17, 15) is 9.59 Å². The molecule has 1 aliphatic carbocycles. The molecule has 0 bridgehead atoms. The molecule has 0 atom stereocenters. The third-order valence-corrected chi connectivity index (χ3v) is 7.43. The van der Waals surface area contributed by atoms with Gasteiger partial charge in [-0.1, -0.05) is 6.42 Å². The lowest BCUT2D eigenvalue weighted by atomic mass is 9.91. The second-order valence-electron chi connectivity index (χ2n) is 9.55. The molecule has 2 heterocycles. The van der Waals surface area contributed by atoms with Crippen LogP contribution in [0.4, 0.5) is 5.69 Å². The van der Waals surface area contributed by atoms with Crippen LogP contribution in [0.2, 0.25) is 0 Å². The lowest BCUT2D eigenvalue weighted by Gasteiger charge is -2.48. The lowest BCUT2D eigenvalue weighted by Crippen LogP contribution is -2.63. The summed E-state index contributed by atoms with van der Waals surface area (Å²) in [5.41, 5.74) is 1.43. The predicted octanol–water partition coefficient (Wildman–Crippen LogP) is 2.49. The van der Waals surface area contributed by atoms with E-state index >= 15 is 0 Å². The number of piperazine rings is 2. The quantitative estimate of drug-likeness (QED) is 0.696. The molecule has 164 valence electrons. The van der Waals surface area contributed by atoms with Crippen LogP contribution in [-0.2, 0) is 4.79 Å². The van der Waals surface area contributed by atoms with Gasteiger partial charge in [-0.3, -0.25) is 19.4 Å². The van der Waals surface area contributed by atoms with Gasteiger partial charge in [0.25, 0.3) is 0 Å². The molecule has 4 rings (SSSR count). The number of carbonyl (C=O) groups is 2. The molecule has 0 unspecified atom stereocenters. The molecule has 0 radical (unpaired) electrons. The molecular weight excluding hydrogens is 376 g/mol. The van der Waals surface area contributed by atoms with Crippen molar-refractivity contribution < 1.29 is 9.59 Å². The van der Waals surface area contributed by atoms with Crippen LogP contribution in [0.3, 0.4) is 0 Å². The van der Waals surface area contributed by atoms with Crippen molar-refractivity contribution in [2.75, 3.05) is 57.3 Å². The maximum Gasteiger partial charge on any atom is 0.242 e. The van der Waals surface area contributed by atoms with Crippen LogP contribution in [0.15, 0.2) is 24.3 Å². The van der Waals surface area contributed by atoms with Crippen LogP contribution in [0, 0.1) is 0 Å². The highest BCUT2D eigenvalue weighted by atomic mass is 16.2. The summed E-state index contributed by atoms with van der Waals surface area (Å²) in [4.78, 5) is 34.2. The molecule has 1 aromatic carbocycles. The topological polar surface area (TPSA) is 47.1 Å². The summed E-state index contributed by atoms with van der Waals surface area (Å²) in [6.07, 6.45) is 4.03. The zero-order valence-electron chi connectivity index (χ0n) is 18.8. The molecule has 0 N–H and O–H groups in total. The molecule has 3 fully saturated rings. The normalized spacial score (nSPS) is 22.1. The molecule has 2 saturated heterocycles. The zero-order valence-corrected chi connectivity index (χ0v) is 18.8. The minimum Gasteiger partial charge on any atom is -0.369 e. The second-order valence-corrected chi connectivity index (χ2v) is 9.55. The molecule has 2 aliphatic heterocycles. The van der Waals surface area contributed by atoms with Crippen molar-refractivity contribution in [3.63, 3.8) is 0 Å². The summed E-state index contributed by atoms with van der Waals surface area (Å²) in [7, 11) is 0. The average molecular weight is 413 g/mol. The zero-order chi connectivity index (χ0) is 21.3. The fraction of sp³-hybridized carbons (Fsp3) is 0.667. The van der Waals surface area contributed by atoms with Gasteiger partial charge in [-0.05, 0) is 57.9 Å². The number of nitrogens with zero attached hydrogens (tertiary/aromatic N) is 4. The lowest BCUT2D eigenvalue weighted by molar-refractivity contribution is -0.145. The first-order chi connectivity index (χ1) is 14.4. The Morgan fingerprint density at radius 3 is 1.97 bits per heavy atom. The van der Waals surface area contributed by atoms with Crippen molar-refractivity contribution in [3.8, 4) is 0 Å². The average Bonchev–Trinajstić information content (AvgIpc) is 2.73. The minimum absolute atomic E-state index is 0.0974. The Kier molecular flexibility index (Phi) is 6.16.